The van der Waals surface area contributed by atoms with Crippen LogP contribution in [0.25, 0.3) is 0 Å². The van der Waals surface area contributed by atoms with Crippen LogP contribution in [-0.4, -0.2) is 50.0 Å². The van der Waals surface area contributed by atoms with Gasteiger partial charge in [-0.25, -0.2) is 0 Å². The summed E-state index contributed by atoms with van der Waals surface area (Å²) in [5.74, 6) is 0. The fourth-order valence-electron chi connectivity index (χ4n) is 2.04. The van der Waals surface area contributed by atoms with Crippen LogP contribution in [0, 0.1) is 6.92 Å². The molecule has 1 atom stereocenters. The Hall–Kier alpha value is -1.01. The number of nitrogens with two attached hydrogens (primary N) is 1. The smallest absolute Gasteiger partial charge is 0.158 e. The summed E-state index contributed by atoms with van der Waals surface area (Å²) in [5.41, 5.74) is 7.92. The summed E-state index contributed by atoms with van der Waals surface area (Å²) in [7, 11) is 5.33. The standard InChI is InChI=1S/C14H25N3O2/c1-11-6-5-7-12(16-11)10-17(2)13(9-15)8-14(18-3)19-4/h5-7,13-14H,8-10,15H2,1-4H3. The first-order valence-electron chi connectivity index (χ1n) is 6.49. The third-order valence-corrected chi connectivity index (χ3v) is 3.24. The molecule has 5 heteroatoms. The van der Waals surface area contributed by atoms with E-state index >= 15 is 0 Å². The average molecular weight is 267 g/mol. The number of rotatable bonds is 8. The van der Waals surface area contributed by atoms with Crippen LogP contribution >= 0.6 is 0 Å². The molecule has 0 saturated heterocycles. The summed E-state index contributed by atoms with van der Waals surface area (Å²) in [6.07, 6.45) is 0.521. The second-order valence-corrected chi connectivity index (χ2v) is 4.71. The van der Waals surface area contributed by atoms with Crippen LogP contribution in [0.4, 0.5) is 0 Å². The monoisotopic (exact) mass is 267 g/mol. The molecule has 0 aromatic carbocycles. The Labute approximate surface area is 115 Å². The molecule has 1 aromatic heterocycles. The fraction of sp³-hybridized carbons (Fsp3) is 0.643. The highest BCUT2D eigenvalue weighted by atomic mass is 16.7. The van der Waals surface area contributed by atoms with Crippen molar-refractivity contribution >= 4 is 0 Å². The highest BCUT2D eigenvalue weighted by Gasteiger charge is 2.19. The van der Waals surface area contributed by atoms with E-state index in [2.05, 4.69) is 9.88 Å². The Morgan fingerprint density at radius 1 is 1.32 bits per heavy atom. The number of aryl methyl sites for hydroxylation is 1. The molecule has 1 heterocycles. The molecule has 5 nitrogen and oxygen atoms in total. The Morgan fingerprint density at radius 3 is 2.53 bits per heavy atom. The highest BCUT2D eigenvalue weighted by molar-refractivity contribution is 5.09. The molecule has 0 aliphatic heterocycles. The van der Waals surface area contributed by atoms with E-state index in [-0.39, 0.29) is 12.3 Å². The Bertz CT molecular complexity index is 369. The van der Waals surface area contributed by atoms with Crippen molar-refractivity contribution in [1.29, 1.82) is 0 Å². The van der Waals surface area contributed by atoms with Crippen LogP contribution in [-0.2, 0) is 16.0 Å². The summed E-state index contributed by atoms with van der Waals surface area (Å²) in [5, 5.41) is 0. The summed E-state index contributed by atoms with van der Waals surface area (Å²) in [6, 6.07) is 6.25. The van der Waals surface area contributed by atoms with Crippen LogP contribution in [0.1, 0.15) is 17.8 Å². The van der Waals surface area contributed by atoms with E-state index in [9.17, 15) is 0 Å². The molecule has 1 rings (SSSR count). The van der Waals surface area contributed by atoms with Crippen LogP contribution in [0.5, 0.6) is 0 Å². The van der Waals surface area contributed by atoms with Crippen LogP contribution in [0.2, 0.25) is 0 Å². The fourth-order valence-corrected chi connectivity index (χ4v) is 2.04. The van der Waals surface area contributed by atoms with Gasteiger partial charge in [-0.1, -0.05) is 6.07 Å². The lowest BCUT2D eigenvalue weighted by Gasteiger charge is -2.29. The van der Waals surface area contributed by atoms with Crippen molar-refractivity contribution in [3.05, 3.63) is 29.6 Å². The van der Waals surface area contributed by atoms with Crippen molar-refractivity contribution in [2.75, 3.05) is 27.8 Å². The topological polar surface area (TPSA) is 60.6 Å². The number of aromatic nitrogens is 1. The summed E-state index contributed by atoms with van der Waals surface area (Å²) < 4.78 is 10.5. The first-order chi connectivity index (χ1) is 9.10. The first kappa shape index (κ1) is 16.0. The van der Waals surface area contributed by atoms with Crippen LogP contribution in [0.3, 0.4) is 0 Å². The molecule has 0 aliphatic carbocycles. The molecule has 0 aliphatic rings. The van der Waals surface area contributed by atoms with Gasteiger partial charge in [-0.3, -0.25) is 9.88 Å². The molecule has 0 fully saturated rings. The molecule has 2 N–H and O–H groups in total. The maximum atomic E-state index is 5.84. The quantitative estimate of drug-likeness (QED) is 0.716. The molecule has 0 amide bonds. The van der Waals surface area contributed by atoms with Gasteiger partial charge < -0.3 is 15.2 Å². The molecule has 0 radical (unpaired) electrons. The predicted molar refractivity (Wildman–Crippen MR) is 75.7 cm³/mol. The summed E-state index contributed by atoms with van der Waals surface area (Å²) in [6.45, 7) is 3.32. The zero-order chi connectivity index (χ0) is 14.3. The van der Waals surface area contributed by atoms with Gasteiger partial charge in [-0.05, 0) is 26.1 Å². The van der Waals surface area contributed by atoms with Gasteiger partial charge in [0.25, 0.3) is 0 Å². The summed E-state index contributed by atoms with van der Waals surface area (Å²) >= 11 is 0. The van der Waals surface area contributed by atoms with Crippen molar-refractivity contribution in [3.63, 3.8) is 0 Å². The second-order valence-electron chi connectivity index (χ2n) is 4.71. The van der Waals surface area contributed by atoms with Gasteiger partial charge in [0.15, 0.2) is 6.29 Å². The maximum absolute atomic E-state index is 5.84. The minimum absolute atomic E-state index is 0.201. The number of ether oxygens (including phenoxy) is 2. The van der Waals surface area contributed by atoms with E-state index in [0.29, 0.717) is 6.54 Å². The van der Waals surface area contributed by atoms with E-state index < -0.39 is 0 Å². The number of methoxy groups -OCH3 is 2. The van der Waals surface area contributed by atoms with E-state index in [0.717, 1.165) is 24.4 Å². The molecular formula is C14H25N3O2. The van der Waals surface area contributed by atoms with Gasteiger partial charge in [0.1, 0.15) is 0 Å². The van der Waals surface area contributed by atoms with Crippen molar-refractivity contribution in [2.45, 2.75) is 32.2 Å². The molecule has 19 heavy (non-hydrogen) atoms. The average Bonchev–Trinajstić information content (AvgIpc) is 2.40. The van der Waals surface area contributed by atoms with E-state index in [1.54, 1.807) is 14.2 Å². The van der Waals surface area contributed by atoms with Crippen molar-refractivity contribution in [2.24, 2.45) is 5.73 Å². The molecule has 108 valence electrons. The molecule has 0 spiro atoms. The van der Waals surface area contributed by atoms with E-state index in [4.69, 9.17) is 15.2 Å². The molecule has 1 unspecified atom stereocenters. The van der Waals surface area contributed by atoms with Gasteiger partial charge >= 0.3 is 0 Å². The first-order valence-corrected chi connectivity index (χ1v) is 6.49. The van der Waals surface area contributed by atoms with Crippen LogP contribution < -0.4 is 5.73 Å². The lowest BCUT2D eigenvalue weighted by atomic mass is 10.1. The summed E-state index contributed by atoms with van der Waals surface area (Å²) in [4.78, 5) is 6.69. The molecular weight excluding hydrogens is 242 g/mol. The Balaban J connectivity index is 2.60. The largest absolute Gasteiger partial charge is 0.356 e. The number of nitrogens with zero attached hydrogens (tertiary/aromatic N) is 2. The highest BCUT2D eigenvalue weighted by Crippen LogP contribution is 2.11. The van der Waals surface area contributed by atoms with Gasteiger partial charge in [0.05, 0.1) is 5.69 Å². The van der Waals surface area contributed by atoms with Gasteiger partial charge in [0, 0.05) is 45.5 Å². The Kier molecular flexibility index (Phi) is 6.94. The van der Waals surface area contributed by atoms with Gasteiger partial charge in [-0.15, -0.1) is 0 Å². The van der Waals surface area contributed by atoms with Crippen molar-refractivity contribution in [3.8, 4) is 0 Å². The third-order valence-electron chi connectivity index (χ3n) is 3.24. The van der Waals surface area contributed by atoms with Crippen molar-refractivity contribution < 1.29 is 9.47 Å². The lowest BCUT2D eigenvalue weighted by molar-refractivity contribution is -0.116. The van der Waals surface area contributed by atoms with Crippen molar-refractivity contribution in [1.82, 2.24) is 9.88 Å². The molecule has 1 aromatic rings. The number of pyridine rings is 1. The SMILES string of the molecule is COC(CC(CN)N(C)Cc1cccc(C)n1)OC. The maximum Gasteiger partial charge on any atom is 0.158 e. The van der Waals surface area contributed by atoms with Crippen LogP contribution in [0.15, 0.2) is 18.2 Å². The Morgan fingerprint density at radius 2 is 2.00 bits per heavy atom. The minimum atomic E-state index is -0.221. The number of likely N-dealkylation sites (N-methyl/N-ethyl adjacent to an activating group) is 1. The molecule has 0 saturated carbocycles. The molecule has 0 bridgehead atoms. The van der Waals surface area contributed by atoms with Gasteiger partial charge in [-0.2, -0.15) is 0 Å². The predicted octanol–water partition coefficient (Wildman–Crippen LogP) is 1.16. The second kappa shape index (κ2) is 8.22. The third kappa shape index (κ3) is 5.24. The number of hydrogen-bond acceptors (Lipinski definition) is 5. The zero-order valence-electron chi connectivity index (χ0n) is 12.3. The van der Waals surface area contributed by atoms with Gasteiger partial charge in [0.2, 0.25) is 0 Å². The number of hydrogen-bond donors (Lipinski definition) is 1. The zero-order valence-corrected chi connectivity index (χ0v) is 12.3. The minimum Gasteiger partial charge on any atom is -0.356 e. The normalized spacial score (nSPS) is 13.2. The van der Waals surface area contributed by atoms with E-state index in [1.807, 2.05) is 32.2 Å². The lowest BCUT2D eigenvalue weighted by Crippen LogP contribution is -2.40. The van der Waals surface area contributed by atoms with E-state index in [1.165, 1.54) is 0 Å².